The van der Waals surface area contributed by atoms with Crippen molar-refractivity contribution >= 4 is 17.7 Å². The normalized spacial score (nSPS) is 11.8. The lowest BCUT2D eigenvalue weighted by atomic mass is 10.1. The number of rotatable bonds is 6. The largest absolute Gasteiger partial charge is 0.478 e. The highest BCUT2D eigenvalue weighted by molar-refractivity contribution is 5.94. The Morgan fingerprint density at radius 3 is 2.70 bits per heavy atom. The van der Waals surface area contributed by atoms with Crippen molar-refractivity contribution in [3.05, 3.63) is 29.3 Å². The molecular weight excluding hydrogens is 260 g/mol. The molecule has 1 aromatic carbocycles. The van der Waals surface area contributed by atoms with Crippen LogP contribution in [-0.2, 0) is 4.74 Å². The maximum Gasteiger partial charge on any atom is 0.336 e. The van der Waals surface area contributed by atoms with Crippen molar-refractivity contribution in [3.8, 4) is 0 Å². The predicted molar refractivity (Wildman–Crippen MR) is 76.2 cm³/mol. The van der Waals surface area contributed by atoms with E-state index in [4.69, 9.17) is 9.84 Å². The van der Waals surface area contributed by atoms with Crippen molar-refractivity contribution in [3.63, 3.8) is 0 Å². The van der Waals surface area contributed by atoms with Gasteiger partial charge in [-0.3, -0.25) is 0 Å². The standard InChI is InChI=1S/C14H20N2O4/c1-9-4-5-11(8-12(9)13(17)18)16-14(19)15-10(2)6-7-20-3/h4-5,8,10H,6-7H2,1-3H3,(H,17,18)(H2,15,16,19). The van der Waals surface area contributed by atoms with E-state index in [0.29, 0.717) is 24.3 Å². The van der Waals surface area contributed by atoms with Crippen molar-refractivity contribution in [2.75, 3.05) is 19.0 Å². The zero-order chi connectivity index (χ0) is 15.1. The van der Waals surface area contributed by atoms with E-state index in [1.807, 2.05) is 6.92 Å². The molecule has 0 radical (unpaired) electrons. The molecule has 0 spiro atoms. The average molecular weight is 280 g/mol. The first-order valence-corrected chi connectivity index (χ1v) is 6.34. The SMILES string of the molecule is COCCC(C)NC(=O)Nc1ccc(C)c(C(=O)O)c1. The minimum Gasteiger partial charge on any atom is -0.478 e. The third-order valence-corrected chi connectivity index (χ3v) is 2.86. The molecule has 0 saturated heterocycles. The van der Waals surface area contributed by atoms with Crippen molar-refractivity contribution < 1.29 is 19.4 Å². The molecule has 6 nitrogen and oxygen atoms in total. The van der Waals surface area contributed by atoms with E-state index in [-0.39, 0.29) is 17.6 Å². The van der Waals surface area contributed by atoms with Crippen molar-refractivity contribution in [1.29, 1.82) is 0 Å². The molecular formula is C14H20N2O4. The number of anilines is 1. The number of hydrogen-bond acceptors (Lipinski definition) is 3. The number of amides is 2. The molecule has 1 rings (SSSR count). The third-order valence-electron chi connectivity index (χ3n) is 2.86. The summed E-state index contributed by atoms with van der Waals surface area (Å²) in [6.07, 6.45) is 0.707. The second-order valence-electron chi connectivity index (χ2n) is 4.62. The molecule has 0 heterocycles. The van der Waals surface area contributed by atoms with Gasteiger partial charge in [-0.1, -0.05) is 6.07 Å². The van der Waals surface area contributed by atoms with E-state index >= 15 is 0 Å². The predicted octanol–water partition coefficient (Wildman–Crippen LogP) is 2.24. The van der Waals surface area contributed by atoms with Gasteiger partial charge in [-0.2, -0.15) is 0 Å². The van der Waals surface area contributed by atoms with E-state index in [2.05, 4.69) is 10.6 Å². The zero-order valence-corrected chi connectivity index (χ0v) is 11.9. The highest BCUT2D eigenvalue weighted by atomic mass is 16.5. The lowest BCUT2D eigenvalue weighted by Gasteiger charge is -2.14. The van der Waals surface area contributed by atoms with Crippen LogP contribution in [0.3, 0.4) is 0 Å². The first-order chi connectivity index (χ1) is 9.43. The van der Waals surface area contributed by atoms with Crippen molar-refractivity contribution in [1.82, 2.24) is 5.32 Å². The Balaban J connectivity index is 2.62. The number of ether oxygens (including phenoxy) is 1. The lowest BCUT2D eigenvalue weighted by Crippen LogP contribution is -2.36. The molecule has 110 valence electrons. The number of carboxylic acids is 1. The topological polar surface area (TPSA) is 87.7 Å². The molecule has 0 bridgehead atoms. The molecule has 1 unspecified atom stereocenters. The van der Waals surface area contributed by atoms with Gasteiger partial charge in [0.15, 0.2) is 0 Å². The van der Waals surface area contributed by atoms with Crippen LogP contribution in [0.2, 0.25) is 0 Å². The van der Waals surface area contributed by atoms with Crippen LogP contribution in [0.25, 0.3) is 0 Å². The summed E-state index contributed by atoms with van der Waals surface area (Å²) in [6.45, 7) is 4.14. The molecule has 0 saturated carbocycles. The van der Waals surface area contributed by atoms with E-state index in [1.165, 1.54) is 6.07 Å². The van der Waals surface area contributed by atoms with E-state index < -0.39 is 5.97 Å². The second-order valence-corrected chi connectivity index (χ2v) is 4.62. The lowest BCUT2D eigenvalue weighted by molar-refractivity contribution is 0.0696. The number of methoxy groups -OCH3 is 1. The van der Waals surface area contributed by atoms with Gasteiger partial charge in [0.2, 0.25) is 0 Å². The average Bonchev–Trinajstić information content (AvgIpc) is 2.38. The summed E-state index contributed by atoms with van der Waals surface area (Å²) in [4.78, 5) is 22.8. The van der Waals surface area contributed by atoms with Gasteiger partial charge < -0.3 is 20.5 Å². The number of aromatic carboxylic acids is 1. The van der Waals surface area contributed by atoms with E-state index in [1.54, 1.807) is 26.2 Å². The molecule has 2 amide bonds. The molecule has 0 aliphatic heterocycles. The Morgan fingerprint density at radius 2 is 2.10 bits per heavy atom. The fraction of sp³-hybridized carbons (Fsp3) is 0.429. The van der Waals surface area contributed by atoms with Crippen LogP contribution in [0.5, 0.6) is 0 Å². The minimum atomic E-state index is -1.01. The quantitative estimate of drug-likeness (QED) is 0.745. The molecule has 20 heavy (non-hydrogen) atoms. The second kappa shape index (κ2) is 7.49. The Hall–Kier alpha value is -2.08. The number of hydrogen-bond donors (Lipinski definition) is 3. The summed E-state index contributed by atoms with van der Waals surface area (Å²) in [5.41, 5.74) is 1.27. The number of aryl methyl sites for hydroxylation is 1. The third kappa shape index (κ3) is 4.89. The highest BCUT2D eigenvalue weighted by Crippen LogP contribution is 2.15. The fourth-order valence-corrected chi connectivity index (χ4v) is 1.69. The Labute approximate surface area is 118 Å². The molecule has 0 aliphatic carbocycles. The van der Waals surface area contributed by atoms with Gasteiger partial charge >= 0.3 is 12.0 Å². The Morgan fingerprint density at radius 1 is 1.40 bits per heavy atom. The number of carbonyl (C=O) groups is 2. The smallest absolute Gasteiger partial charge is 0.336 e. The van der Waals surface area contributed by atoms with Crippen LogP contribution in [0.4, 0.5) is 10.5 Å². The van der Waals surface area contributed by atoms with Gasteiger partial charge in [-0.05, 0) is 38.0 Å². The summed E-state index contributed by atoms with van der Waals surface area (Å²) < 4.78 is 4.93. The highest BCUT2D eigenvalue weighted by Gasteiger charge is 2.11. The van der Waals surface area contributed by atoms with Gasteiger partial charge in [0.1, 0.15) is 0 Å². The molecule has 0 fully saturated rings. The van der Waals surface area contributed by atoms with Gasteiger partial charge in [0.05, 0.1) is 5.56 Å². The molecule has 1 atom stereocenters. The minimum absolute atomic E-state index is 0.0284. The van der Waals surface area contributed by atoms with Gasteiger partial charge in [-0.25, -0.2) is 9.59 Å². The van der Waals surface area contributed by atoms with Gasteiger partial charge in [0, 0.05) is 25.4 Å². The monoisotopic (exact) mass is 280 g/mol. The van der Waals surface area contributed by atoms with Crippen LogP contribution in [0.1, 0.15) is 29.3 Å². The van der Waals surface area contributed by atoms with Crippen LogP contribution in [0.15, 0.2) is 18.2 Å². The molecule has 1 aromatic rings. The fourth-order valence-electron chi connectivity index (χ4n) is 1.69. The zero-order valence-electron chi connectivity index (χ0n) is 11.9. The summed E-state index contributed by atoms with van der Waals surface area (Å²) in [5, 5.41) is 14.4. The van der Waals surface area contributed by atoms with Crippen LogP contribution < -0.4 is 10.6 Å². The number of carbonyl (C=O) groups excluding carboxylic acids is 1. The van der Waals surface area contributed by atoms with Crippen LogP contribution in [-0.4, -0.2) is 36.9 Å². The van der Waals surface area contributed by atoms with E-state index in [9.17, 15) is 9.59 Å². The summed E-state index contributed by atoms with van der Waals surface area (Å²) in [6, 6.07) is 4.37. The van der Waals surface area contributed by atoms with Crippen molar-refractivity contribution in [2.45, 2.75) is 26.3 Å². The Bertz CT molecular complexity index is 488. The number of nitrogens with one attached hydrogen (secondary N) is 2. The number of benzene rings is 1. The summed E-state index contributed by atoms with van der Waals surface area (Å²) in [7, 11) is 1.60. The molecule has 0 aromatic heterocycles. The first kappa shape index (κ1) is 16.0. The maximum absolute atomic E-state index is 11.7. The summed E-state index contributed by atoms with van der Waals surface area (Å²) in [5.74, 6) is -1.01. The summed E-state index contributed by atoms with van der Waals surface area (Å²) >= 11 is 0. The van der Waals surface area contributed by atoms with E-state index in [0.717, 1.165) is 0 Å². The number of carboxylic acid groups (broad SMARTS) is 1. The number of urea groups is 1. The van der Waals surface area contributed by atoms with Gasteiger partial charge in [-0.15, -0.1) is 0 Å². The molecule has 3 N–H and O–H groups in total. The molecule has 6 heteroatoms. The van der Waals surface area contributed by atoms with Crippen LogP contribution in [0, 0.1) is 6.92 Å². The Kier molecular flexibility index (Phi) is 5.99. The van der Waals surface area contributed by atoms with Crippen LogP contribution >= 0.6 is 0 Å². The van der Waals surface area contributed by atoms with Crippen molar-refractivity contribution in [2.24, 2.45) is 0 Å². The van der Waals surface area contributed by atoms with Gasteiger partial charge in [0.25, 0.3) is 0 Å². The molecule has 0 aliphatic rings. The first-order valence-electron chi connectivity index (χ1n) is 6.34. The maximum atomic E-state index is 11.7.